The summed E-state index contributed by atoms with van der Waals surface area (Å²) in [7, 11) is 0. The van der Waals surface area contributed by atoms with E-state index in [9.17, 15) is 10.2 Å². The Morgan fingerprint density at radius 2 is 1.90 bits per heavy atom. The van der Waals surface area contributed by atoms with Crippen molar-refractivity contribution in [1.82, 2.24) is 15.0 Å². The van der Waals surface area contributed by atoms with Gasteiger partial charge in [0.05, 0.1) is 18.5 Å². The molecule has 20 heavy (non-hydrogen) atoms. The van der Waals surface area contributed by atoms with E-state index in [1.165, 1.54) is 11.0 Å². The highest BCUT2D eigenvalue weighted by atomic mass is 16.6. The second kappa shape index (κ2) is 5.29. The molecule has 1 aromatic heterocycles. The molecule has 0 bridgehead atoms. The van der Waals surface area contributed by atoms with Gasteiger partial charge in [-0.1, -0.05) is 18.2 Å². The molecule has 0 radical (unpaired) electrons. The number of nitrogens with zero attached hydrogens (tertiary/aromatic N) is 3. The molecule has 1 aliphatic rings. The molecule has 1 saturated heterocycles. The maximum atomic E-state index is 9.93. The van der Waals surface area contributed by atoms with E-state index in [4.69, 9.17) is 9.84 Å². The molecule has 1 aromatic carbocycles. The molecule has 2 aromatic rings. The zero-order chi connectivity index (χ0) is 14.1. The maximum absolute atomic E-state index is 9.93. The summed E-state index contributed by atoms with van der Waals surface area (Å²) in [5.41, 5.74) is 1.20. The Morgan fingerprint density at radius 3 is 2.55 bits per heavy atom. The molecule has 3 rings (SSSR count). The van der Waals surface area contributed by atoms with Crippen LogP contribution in [0.3, 0.4) is 0 Å². The number of benzene rings is 1. The molecular weight excluding hydrogens is 262 g/mol. The molecule has 1 fully saturated rings. The van der Waals surface area contributed by atoms with Gasteiger partial charge in [-0.25, -0.2) is 0 Å². The first-order valence-corrected chi connectivity index (χ1v) is 6.31. The fourth-order valence-electron chi connectivity index (χ4n) is 2.23. The smallest absolute Gasteiger partial charge is 0.132 e. The van der Waals surface area contributed by atoms with Crippen LogP contribution in [0.15, 0.2) is 36.5 Å². The second-order valence-corrected chi connectivity index (χ2v) is 4.65. The standard InChI is InChI=1S/C13H15N3O4/c17-7-10-11(18)12(19)13(20-10)9-6-14-16(15-9)8-4-2-1-3-5-8/h1-6,10-13,17-19H,7H2. The zero-order valence-electron chi connectivity index (χ0n) is 10.6. The van der Waals surface area contributed by atoms with Crippen LogP contribution in [0, 0.1) is 0 Å². The Labute approximate surface area is 115 Å². The van der Waals surface area contributed by atoms with Crippen LogP contribution in [0.1, 0.15) is 11.8 Å². The van der Waals surface area contributed by atoms with E-state index in [0.29, 0.717) is 5.69 Å². The predicted molar refractivity (Wildman–Crippen MR) is 68.1 cm³/mol. The molecule has 4 atom stereocenters. The van der Waals surface area contributed by atoms with Crippen LogP contribution in [0.2, 0.25) is 0 Å². The molecule has 0 aliphatic carbocycles. The van der Waals surface area contributed by atoms with Crippen molar-refractivity contribution >= 4 is 0 Å². The Balaban J connectivity index is 1.84. The molecular formula is C13H15N3O4. The van der Waals surface area contributed by atoms with Crippen LogP contribution < -0.4 is 0 Å². The van der Waals surface area contributed by atoms with E-state index in [0.717, 1.165) is 5.69 Å². The third kappa shape index (κ3) is 2.20. The van der Waals surface area contributed by atoms with Crippen molar-refractivity contribution in [1.29, 1.82) is 0 Å². The van der Waals surface area contributed by atoms with E-state index >= 15 is 0 Å². The SMILES string of the molecule is OCC1OC(c2cnn(-c3ccccc3)n2)C(O)C1O. The summed E-state index contributed by atoms with van der Waals surface area (Å²) in [6.07, 6.45) is -2.38. The van der Waals surface area contributed by atoms with E-state index in [2.05, 4.69) is 10.2 Å². The maximum Gasteiger partial charge on any atom is 0.132 e. The predicted octanol–water partition coefficient (Wildman–Crippen LogP) is -0.579. The molecule has 3 N–H and O–H groups in total. The van der Waals surface area contributed by atoms with Crippen LogP contribution >= 0.6 is 0 Å². The van der Waals surface area contributed by atoms with Crippen LogP contribution in [0.4, 0.5) is 0 Å². The number of rotatable bonds is 3. The normalized spacial score (nSPS) is 29.8. The van der Waals surface area contributed by atoms with Gasteiger partial charge in [0, 0.05) is 0 Å². The lowest BCUT2D eigenvalue weighted by atomic mass is 10.1. The van der Waals surface area contributed by atoms with E-state index in [-0.39, 0.29) is 6.61 Å². The third-order valence-electron chi connectivity index (χ3n) is 3.33. The van der Waals surface area contributed by atoms with Gasteiger partial charge < -0.3 is 20.1 Å². The molecule has 7 heteroatoms. The average molecular weight is 277 g/mol. The van der Waals surface area contributed by atoms with Gasteiger partial charge >= 0.3 is 0 Å². The van der Waals surface area contributed by atoms with Gasteiger partial charge in [0.25, 0.3) is 0 Å². The first-order chi connectivity index (χ1) is 9.70. The fourth-order valence-corrected chi connectivity index (χ4v) is 2.23. The van der Waals surface area contributed by atoms with Gasteiger partial charge in [-0.15, -0.1) is 0 Å². The Kier molecular flexibility index (Phi) is 3.49. The number of ether oxygens (including phenoxy) is 1. The highest BCUT2D eigenvalue weighted by molar-refractivity contribution is 5.28. The van der Waals surface area contributed by atoms with Crippen molar-refractivity contribution in [3.05, 3.63) is 42.2 Å². The Hall–Kier alpha value is -1.80. The van der Waals surface area contributed by atoms with E-state index in [1.807, 2.05) is 30.3 Å². The summed E-state index contributed by atoms with van der Waals surface area (Å²) < 4.78 is 5.40. The number of para-hydroxylation sites is 1. The third-order valence-corrected chi connectivity index (χ3v) is 3.33. The van der Waals surface area contributed by atoms with Crippen LogP contribution in [0.5, 0.6) is 0 Å². The van der Waals surface area contributed by atoms with Gasteiger partial charge in [0.15, 0.2) is 0 Å². The highest BCUT2D eigenvalue weighted by Gasteiger charge is 2.44. The van der Waals surface area contributed by atoms with Gasteiger partial charge in [0.1, 0.15) is 30.1 Å². The summed E-state index contributed by atoms with van der Waals surface area (Å²) in [4.78, 5) is 1.42. The first-order valence-electron chi connectivity index (χ1n) is 6.31. The fraction of sp³-hybridized carbons (Fsp3) is 0.385. The van der Waals surface area contributed by atoms with Gasteiger partial charge in [-0.3, -0.25) is 0 Å². The van der Waals surface area contributed by atoms with Crippen LogP contribution in [-0.2, 0) is 4.74 Å². The number of hydrogen-bond donors (Lipinski definition) is 3. The summed E-state index contributed by atoms with van der Waals surface area (Å²) >= 11 is 0. The van der Waals surface area contributed by atoms with Gasteiger partial charge in [0.2, 0.25) is 0 Å². The first kappa shape index (κ1) is 13.2. The molecule has 1 aliphatic heterocycles. The van der Waals surface area contributed by atoms with Crippen molar-refractivity contribution in [2.75, 3.05) is 6.61 Å². The minimum absolute atomic E-state index is 0.360. The Morgan fingerprint density at radius 1 is 1.15 bits per heavy atom. The molecule has 7 nitrogen and oxygen atoms in total. The number of aliphatic hydroxyl groups is 3. The summed E-state index contributed by atoms with van der Waals surface area (Å²) in [5.74, 6) is 0. The second-order valence-electron chi connectivity index (χ2n) is 4.65. The van der Waals surface area contributed by atoms with Crippen molar-refractivity contribution in [2.24, 2.45) is 0 Å². The molecule has 4 unspecified atom stereocenters. The molecule has 106 valence electrons. The van der Waals surface area contributed by atoms with Crippen molar-refractivity contribution in [3.63, 3.8) is 0 Å². The molecule has 0 amide bonds. The number of aliphatic hydroxyl groups excluding tert-OH is 3. The zero-order valence-corrected chi connectivity index (χ0v) is 10.6. The van der Waals surface area contributed by atoms with Crippen molar-refractivity contribution in [3.8, 4) is 5.69 Å². The summed E-state index contributed by atoms with van der Waals surface area (Å²) in [5, 5.41) is 37.1. The summed E-state index contributed by atoms with van der Waals surface area (Å²) in [6, 6.07) is 9.32. The van der Waals surface area contributed by atoms with Gasteiger partial charge in [-0.2, -0.15) is 15.0 Å². The number of aromatic nitrogens is 3. The Bertz CT molecular complexity index is 574. The monoisotopic (exact) mass is 277 g/mol. The van der Waals surface area contributed by atoms with Crippen molar-refractivity contribution in [2.45, 2.75) is 24.4 Å². The van der Waals surface area contributed by atoms with Crippen molar-refractivity contribution < 1.29 is 20.1 Å². The minimum atomic E-state index is -1.13. The van der Waals surface area contributed by atoms with E-state index < -0.39 is 24.4 Å². The average Bonchev–Trinajstić information content (AvgIpc) is 3.07. The van der Waals surface area contributed by atoms with Gasteiger partial charge in [-0.05, 0) is 12.1 Å². The topological polar surface area (TPSA) is 101 Å². The van der Waals surface area contributed by atoms with Crippen LogP contribution in [0.25, 0.3) is 5.69 Å². The van der Waals surface area contributed by atoms with Crippen LogP contribution in [-0.4, -0.2) is 55.2 Å². The van der Waals surface area contributed by atoms with E-state index in [1.54, 1.807) is 0 Å². The lowest BCUT2D eigenvalue weighted by molar-refractivity contribution is -0.0240. The number of hydrogen-bond acceptors (Lipinski definition) is 6. The minimum Gasteiger partial charge on any atom is -0.394 e. The molecule has 0 spiro atoms. The lowest BCUT2D eigenvalue weighted by Gasteiger charge is -2.11. The molecule has 2 heterocycles. The largest absolute Gasteiger partial charge is 0.394 e. The quantitative estimate of drug-likeness (QED) is 0.694. The summed E-state index contributed by atoms with van der Waals surface area (Å²) in [6.45, 7) is -0.360. The lowest BCUT2D eigenvalue weighted by Crippen LogP contribution is -2.32. The molecule has 0 saturated carbocycles. The highest BCUT2D eigenvalue weighted by Crippen LogP contribution is 2.32.